The van der Waals surface area contributed by atoms with Gasteiger partial charge in [0, 0.05) is 22.8 Å². The third-order valence-corrected chi connectivity index (χ3v) is 5.42. The second-order valence-corrected chi connectivity index (χ2v) is 7.66. The topological polar surface area (TPSA) is 64.0 Å². The van der Waals surface area contributed by atoms with Crippen molar-refractivity contribution >= 4 is 39.0 Å². The maximum Gasteiger partial charge on any atom is 0.264 e. The molecule has 0 bridgehead atoms. The van der Waals surface area contributed by atoms with Gasteiger partial charge in [-0.3, -0.25) is 9.40 Å². The Hall–Kier alpha value is -2.09. The van der Waals surface area contributed by atoms with Gasteiger partial charge >= 0.3 is 0 Å². The molecule has 3 aromatic rings. The molecule has 0 saturated heterocycles. The van der Waals surface area contributed by atoms with E-state index in [0.717, 1.165) is 0 Å². The van der Waals surface area contributed by atoms with Gasteiger partial charge in [0.15, 0.2) is 5.82 Å². The normalized spacial score (nSPS) is 11.5. The summed E-state index contributed by atoms with van der Waals surface area (Å²) in [6.45, 7) is 0.173. The third kappa shape index (κ3) is 4.12. The highest BCUT2D eigenvalue weighted by Gasteiger charge is 2.19. The summed E-state index contributed by atoms with van der Waals surface area (Å²) in [4.78, 5) is -0.148. The van der Waals surface area contributed by atoms with E-state index in [1.165, 1.54) is 35.0 Å². The number of benzene rings is 2. The zero-order valence-electron chi connectivity index (χ0n) is 12.7. The van der Waals surface area contributed by atoms with Crippen molar-refractivity contribution in [3.63, 3.8) is 0 Å². The summed E-state index contributed by atoms with van der Waals surface area (Å²) >= 11 is 11.8. The standard InChI is InChI=1S/C16H12Cl2FN3O2S/c17-12-5-6-13(18)15(9-12)25(23,24)21-16-7-8-22(20-16)10-11-3-1-2-4-14(11)19/h1-9H,10H2,(H,20,21). The maximum absolute atomic E-state index is 13.7. The molecule has 9 heteroatoms. The number of aromatic nitrogens is 2. The molecule has 1 heterocycles. The van der Waals surface area contributed by atoms with Gasteiger partial charge in [-0.15, -0.1) is 0 Å². The van der Waals surface area contributed by atoms with Crippen LogP contribution in [0.3, 0.4) is 0 Å². The largest absolute Gasteiger partial charge is 0.266 e. The lowest BCUT2D eigenvalue weighted by Gasteiger charge is -2.08. The van der Waals surface area contributed by atoms with Crippen molar-refractivity contribution in [2.45, 2.75) is 11.4 Å². The number of halogens is 3. The summed E-state index contributed by atoms with van der Waals surface area (Å²) < 4.78 is 42.3. The fourth-order valence-electron chi connectivity index (χ4n) is 2.18. The van der Waals surface area contributed by atoms with Crippen LogP contribution in [0.5, 0.6) is 0 Å². The summed E-state index contributed by atoms with van der Waals surface area (Å²) in [7, 11) is -3.95. The van der Waals surface area contributed by atoms with Gasteiger partial charge in [-0.25, -0.2) is 12.8 Å². The van der Waals surface area contributed by atoms with Gasteiger partial charge in [-0.05, 0) is 24.3 Å². The van der Waals surface area contributed by atoms with E-state index < -0.39 is 10.0 Å². The quantitative estimate of drug-likeness (QED) is 0.699. The molecule has 0 saturated carbocycles. The fourth-order valence-corrected chi connectivity index (χ4v) is 3.94. The van der Waals surface area contributed by atoms with Crippen LogP contribution in [0.15, 0.2) is 59.6 Å². The first kappa shape index (κ1) is 17.7. The number of hydrogen-bond acceptors (Lipinski definition) is 3. The van der Waals surface area contributed by atoms with Gasteiger partial charge < -0.3 is 0 Å². The van der Waals surface area contributed by atoms with Gasteiger partial charge in [0.1, 0.15) is 10.7 Å². The minimum absolute atomic E-state index is 0.0442. The van der Waals surface area contributed by atoms with E-state index in [0.29, 0.717) is 5.56 Å². The van der Waals surface area contributed by atoms with Crippen LogP contribution in [0.4, 0.5) is 10.2 Å². The molecule has 25 heavy (non-hydrogen) atoms. The van der Waals surface area contributed by atoms with E-state index in [1.54, 1.807) is 24.4 Å². The Morgan fingerprint density at radius 2 is 1.88 bits per heavy atom. The van der Waals surface area contributed by atoms with Crippen molar-refractivity contribution in [1.29, 1.82) is 0 Å². The van der Waals surface area contributed by atoms with Crippen LogP contribution in [-0.2, 0) is 16.6 Å². The zero-order valence-corrected chi connectivity index (χ0v) is 15.0. The van der Waals surface area contributed by atoms with Crippen molar-refractivity contribution in [2.75, 3.05) is 4.72 Å². The maximum atomic E-state index is 13.7. The van der Waals surface area contributed by atoms with Crippen LogP contribution in [0.25, 0.3) is 0 Å². The Labute approximate surface area is 154 Å². The Bertz CT molecular complexity index is 1020. The first-order valence-corrected chi connectivity index (χ1v) is 9.34. The molecule has 0 amide bonds. The third-order valence-electron chi connectivity index (χ3n) is 3.35. The number of hydrogen-bond donors (Lipinski definition) is 1. The van der Waals surface area contributed by atoms with E-state index in [4.69, 9.17) is 23.2 Å². The molecular formula is C16H12Cl2FN3O2S. The van der Waals surface area contributed by atoms with Gasteiger partial charge in [-0.1, -0.05) is 41.4 Å². The van der Waals surface area contributed by atoms with Crippen LogP contribution >= 0.6 is 23.2 Å². The second kappa shape index (κ2) is 7.03. The summed E-state index contributed by atoms with van der Waals surface area (Å²) in [5.41, 5.74) is 0.442. The highest BCUT2D eigenvalue weighted by molar-refractivity contribution is 7.92. The summed E-state index contributed by atoms with van der Waals surface area (Å²) in [6, 6.07) is 11.9. The molecule has 5 nitrogen and oxygen atoms in total. The molecule has 0 spiro atoms. The molecule has 0 radical (unpaired) electrons. The number of sulfonamides is 1. The van der Waals surface area contributed by atoms with Crippen LogP contribution < -0.4 is 4.72 Å². The van der Waals surface area contributed by atoms with Crippen molar-refractivity contribution in [1.82, 2.24) is 9.78 Å². The molecule has 0 aliphatic rings. The van der Waals surface area contributed by atoms with Crippen LogP contribution in [0, 0.1) is 5.82 Å². The first-order chi connectivity index (χ1) is 11.8. The molecule has 0 unspecified atom stereocenters. The molecule has 0 aliphatic carbocycles. The van der Waals surface area contributed by atoms with Crippen LogP contribution in [0.1, 0.15) is 5.56 Å². The molecule has 0 fully saturated rings. The molecule has 0 aliphatic heterocycles. The van der Waals surface area contributed by atoms with E-state index in [9.17, 15) is 12.8 Å². The van der Waals surface area contributed by atoms with Crippen molar-refractivity contribution in [2.24, 2.45) is 0 Å². The molecule has 0 atom stereocenters. The van der Waals surface area contributed by atoms with Gasteiger partial charge in [-0.2, -0.15) is 5.10 Å². The van der Waals surface area contributed by atoms with Crippen molar-refractivity contribution in [3.05, 3.63) is 76.2 Å². The lowest BCUT2D eigenvalue weighted by Crippen LogP contribution is -2.14. The monoisotopic (exact) mass is 399 g/mol. The predicted octanol–water partition coefficient (Wildman–Crippen LogP) is 4.18. The minimum atomic E-state index is -3.95. The lowest BCUT2D eigenvalue weighted by atomic mass is 10.2. The van der Waals surface area contributed by atoms with Crippen molar-refractivity contribution in [3.8, 4) is 0 Å². The van der Waals surface area contributed by atoms with E-state index in [2.05, 4.69) is 9.82 Å². The highest BCUT2D eigenvalue weighted by atomic mass is 35.5. The molecular weight excluding hydrogens is 388 g/mol. The number of nitrogens with one attached hydrogen (secondary N) is 1. The van der Waals surface area contributed by atoms with Gasteiger partial charge in [0.05, 0.1) is 11.6 Å². The SMILES string of the molecule is O=S(=O)(Nc1ccn(Cc2ccccc2F)n1)c1cc(Cl)ccc1Cl. The Balaban J connectivity index is 1.81. The Morgan fingerprint density at radius 3 is 2.64 bits per heavy atom. The Morgan fingerprint density at radius 1 is 1.12 bits per heavy atom. The fraction of sp³-hybridized carbons (Fsp3) is 0.0625. The Kier molecular flexibility index (Phi) is 4.99. The zero-order chi connectivity index (χ0) is 18.0. The first-order valence-electron chi connectivity index (χ1n) is 7.10. The molecule has 1 aromatic heterocycles. The highest BCUT2D eigenvalue weighted by Crippen LogP contribution is 2.26. The van der Waals surface area contributed by atoms with Gasteiger partial charge in [0.25, 0.3) is 10.0 Å². The van der Waals surface area contributed by atoms with Gasteiger partial charge in [0.2, 0.25) is 0 Å². The molecule has 2 aromatic carbocycles. The molecule has 1 N–H and O–H groups in total. The average Bonchev–Trinajstić information content (AvgIpc) is 2.98. The smallest absolute Gasteiger partial charge is 0.264 e. The second-order valence-electron chi connectivity index (χ2n) is 5.17. The van der Waals surface area contributed by atoms with E-state index >= 15 is 0 Å². The molecule has 130 valence electrons. The minimum Gasteiger partial charge on any atom is -0.266 e. The summed E-state index contributed by atoms with van der Waals surface area (Å²) in [5.74, 6) is -0.266. The van der Waals surface area contributed by atoms with Crippen molar-refractivity contribution < 1.29 is 12.8 Å². The van der Waals surface area contributed by atoms with Crippen LogP contribution in [-0.4, -0.2) is 18.2 Å². The molecule has 3 rings (SSSR count). The summed E-state index contributed by atoms with van der Waals surface area (Å²) in [5, 5.41) is 4.38. The van der Waals surface area contributed by atoms with E-state index in [-0.39, 0.29) is 33.1 Å². The van der Waals surface area contributed by atoms with E-state index in [1.807, 2.05) is 0 Å². The number of nitrogens with zero attached hydrogens (tertiary/aromatic N) is 2. The summed E-state index contributed by atoms with van der Waals surface area (Å²) in [6.07, 6.45) is 1.55. The predicted molar refractivity (Wildman–Crippen MR) is 95.0 cm³/mol. The number of rotatable bonds is 5. The lowest BCUT2D eigenvalue weighted by molar-refractivity contribution is 0.585. The average molecular weight is 400 g/mol. The van der Waals surface area contributed by atoms with Crippen LogP contribution in [0.2, 0.25) is 10.0 Å². The number of anilines is 1.